The average Bonchev–Trinajstić information content (AvgIpc) is 2.81. The van der Waals surface area contributed by atoms with Crippen LogP contribution in [0.5, 0.6) is 0 Å². The SMILES string of the molecule is CCC(CC)n1cc(-c2cnc(N)cn2)cn1. The first-order valence-electron chi connectivity index (χ1n) is 5.86. The minimum absolute atomic E-state index is 0.432. The lowest BCUT2D eigenvalue weighted by Gasteiger charge is -2.12. The van der Waals surface area contributed by atoms with Gasteiger partial charge in [0, 0.05) is 11.8 Å². The molecule has 0 aliphatic heterocycles. The standard InChI is InChI=1S/C12H17N5/c1-3-10(4-2)17-8-9(5-16-17)11-6-15-12(13)7-14-11/h5-8,10H,3-4H2,1-2H3,(H2,13,15). The Labute approximate surface area is 101 Å². The molecule has 0 aromatic carbocycles. The fraction of sp³-hybridized carbons (Fsp3) is 0.417. The molecule has 2 aromatic heterocycles. The highest BCUT2D eigenvalue weighted by Crippen LogP contribution is 2.20. The molecule has 0 amide bonds. The molecule has 0 atom stereocenters. The third kappa shape index (κ3) is 2.43. The molecule has 0 saturated heterocycles. The fourth-order valence-electron chi connectivity index (χ4n) is 1.82. The summed E-state index contributed by atoms with van der Waals surface area (Å²) in [4.78, 5) is 8.26. The molecule has 5 heteroatoms. The van der Waals surface area contributed by atoms with E-state index in [2.05, 4.69) is 28.9 Å². The van der Waals surface area contributed by atoms with Gasteiger partial charge in [0.25, 0.3) is 0 Å². The molecule has 2 aromatic rings. The summed E-state index contributed by atoms with van der Waals surface area (Å²) < 4.78 is 1.99. The topological polar surface area (TPSA) is 69.6 Å². The molecule has 2 heterocycles. The molecule has 2 N–H and O–H groups in total. The maximum atomic E-state index is 5.51. The Balaban J connectivity index is 2.26. The number of rotatable bonds is 4. The summed E-state index contributed by atoms with van der Waals surface area (Å²) in [6.07, 6.45) is 9.21. The first-order chi connectivity index (χ1) is 8.24. The van der Waals surface area contributed by atoms with Crippen LogP contribution in [-0.2, 0) is 0 Å². The van der Waals surface area contributed by atoms with Crippen molar-refractivity contribution in [2.45, 2.75) is 32.7 Å². The van der Waals surface area contributed by atoms with Gasteiger partial charge in [-0.05, 0) is 12.8 Å². The predicted molar refractivity (Wildman–Crippen MR) is 67.3 cm³/mol. The second kappa shape index (κ2) is 4.95. The van der Waals surface area contributed by atoms with Gasteiger partial charge in [-0.25, -0.2) is 4.98 Å². The minimum Gasteiger partial charge on any atom is -0.382 e. The lowest BCUT2D eigenvalue weighted by Crippen LogP contribution is -2.06. The second-order valence-electron chi connectivity index (χ2n) is 4.01. The fourth-order valence-corrected chi connectivity index (χ4v) is 1.82. The largest absolute Gasteiger partial charge is 0.382 e. The summed E-state index contributed by atoms with van der Waals surface area (Å²) in [5.74, 6) is 0.432. The molecule has 0 bridgehead atoms. The number of aromatic nitrogens is 4. The van der Waals surface area contributed by atoms with E-state index < -0.39 is 0 Å². The van der Waals surface area contributed by atoms with E-state index in [0.29, 0.717) is 11.9 Å². The summed E-state index contributed by atoms with van der Waals surface area (Å²) >= 11 is 0. The van der Waals surface area contributed by atoms with Crippen molar-refractivity contribution >= 4 is 5.82 Å². The van der Waals surface area contributed by atoms with Crippen LogP contribution in [0.4, 0.5) is 5.82 Å². The van der Waals surface area contributed by atoms with Gasteiger partial charge in [-0.3, -0.25) is 9.67 Å². The molecular weight excluding hydrogens is 214 g/mol. The van der Waals surface area contributed by atoms with E-state index in [4.69, 9.17) is 5.73 Å². The summed E-state index contributed by atoms with van der Waals surface area (Å²) in [5.41, 5.74) is 7.29. The van der Waals surface area contributed by atoms with Crippen molar-refractivity contribution in [2.75, 3.05) is 5.73 Å². The molecule has 0 spiro atoms. The molecule has 0 unspecified atom stereocenters. The van der Waals surface area contributed by atoms with Gasteiger partial charge in [0.15, 0.2) is 0 Å². The van der Waals surface area contributed by atoms with E-state index >= 15 is 0 Å². The van der Waals surface area contributed by atoms with Crippen LogP contribution in [0.15, 0.2) is 24.8 Å². The number of hydrogen-bond donors (Lipinski definition) is 1. The van der Waals surface area contributed by atoms with Gasteiger partial charge in [0.2, 0.25) is 0 Å². The van der Waals surface area contributed by atoms with Gasteiger partial charge in [-0.1, -0.05) is 13.8 Å². The van der Waals surface area contributed by atoms with Crippen LogP contribution in [0.25, 0.3) is 11.3 Å². The van der Waals surface area contributed by atoms with E-state index in [1.165, 1.54) is 0 Å². The lowest BCUT2D eigenvalue weighted by molar-refractivity contribution is 0.428. The molecule has 17 heavy (non-hydrogen) atoms. The number of nitrogens with zero attached hydrogens (tertiary/aromatic N) is 4. The van der Waals surface area contributed by atoms with Crippen LogP contribution in [0.3, 0.4) is 0 Å². The van der Waals surface area contributed by atoms with E-state index in [0.717, 1.165) is 24.1 Å². The van der Waals surface area contributed by atoms with Gasteiger partial charge < -0.3 is 5.73 Å². The average molecular weight is 231 g/mol. The molecule has 2 rings (SSSR count). The normalized spacial score (nSPS) is 11.0. The third-order valence-corrected chi connectivity index (χ3v) is 2.89. The zero-order valence-electron chi connectivity index (χ0n) is 10.2. The Morgan fingerprint density at radius 2 is 1.94 bits per heavy atom. The van der Waals surface area contributed by atoms with Crippen molar-refractivity contribution in [1.29, 1.82) is 0 Å². The zero-order valence-corrected chi connectivity index (χ0v) is 10.2. The summed E-state index contributed by atoms with van der Waals surface area (Å²) in [5, 5.41) is 4.37. The Hall–Kier alpha value is -1.91. The highest BCUT2D eigenvalue weighted by Gasteiger charge is 2.09. The van der Waals surface area contributed by atoms with Crippen LogP contribution in [0.2, 0.25) is 0 Å². The molecule has 0 aliphatic rings. The summed E-state index contributed by atoms with van der Waals surface area (Å²) in [6, 6.07) is 0.450. The van der Waals surface area contributed by atoms with Gasteiger partial charge in [0.05, 0.1) is 30.3 Å². The number of nitrogen functional groups attached to an aromatic ring is 1. The Kier molecular flexibility index (Phi) is 3.37. The van der Waals surface area contributed by atoms with E-state index in [1.54, 1.807) is 12.4 Å². The third-order valence-electron chi connectivity index (χ3n) is 2.89. The molecular formula is C12H17N5. The minimum atomic E-state index is 0.432. The van der Waals surface area contributed by atoms with Crippen molar-refractivity contribution in [2.24, 2.45) is 0 Å². The first kappa shape index (κ1) is 11.6. The Morgan fingerprint density at radius 1 is 1.18 bits per heavy atom. The zero-order chi connectivity index (χ0) is 12.3. The van der Waals surface area contributed by atoms with Crippen molar-refractivity contribution in [3.63, 3.8) is 0 Å². The van der Waals surface area contributed by atoms with Gasteiger partial charge in [-0.2, -0.15) is 5.10 Å². The maximum Gasteiger partial charge on any atom is 0.141 e. The van der Waals surface area contributed by atoms with Crippen LogP contribution in [0, 0.1) is 0 Å². The highest BCUT2D eigenvalue weighted by atomic mass is 15.3. The van der Waals surface area contributed by atoms with Crippen molar-refractivity contribution in [3.05, 3.63) is 24.8 Å². The monoisotopic (exact) mass is 231 g/mol. The smallest absolute Gasteiger partial charge is 0.141 e. The number of anilines is 1. The van der Waals surface area contributed by atoms with Gasteiger partial charge in [-0.15, -0.1) is 0 Å². The van der Waals surface area contributed by atoms with E-state index in [1.807, 2.05) is 17.1 Å². The molecule has 5 nitrogen and oxygen atoms in total. The quantitative estimate of drug-likeness (QED) is 0.876. The van der Waals surface area contributed by atoms with Crippen LogP contribution >= 0.6 is 0 Å². The van der Waals surface area contributed by atoms with Gasteiger partial charge >= 0.3 is 0 Å². The molecule has 90 valence electrons. The van der Waals surface area contributed by atoms with Crippen molar-refractivity contribution in [3.8, 4) is 11.3 Å². The Bertz CT molecular complexity index is 470. The van der Waals surface area contributed by atoms with E-state index in [9.17, 15) is 0 Å². The van der Waals surface area contributed by atoms with Crippen LogP contribution < -0.4 is 5.73 Å². The second-order valence-corrected chi connectivity index (χ2v) is 4.01. The predicted octanol–water partition coefficient (Wildman–Crippen LogP) is 2.28. The van der Waals surface area contributed by atoms with Crippen molar-refractivity contribution in [1.82, 2.24) is 19.7 Å². The summed E-state index contributed by atoms with van der Waals surface area (Å²) in [7, 11) is 0. The summed E-state index contributed by atoms with van der Waals surface area (Å²) in [6.45, 7) is 4.33. The van der Waals surface area contributed by atoms with Crippen LogP contribution in [0.1, 0.15) is 32.7 Å². The molecule has 0 aliphatic carbocycles. The first-order valence-corrected chi connectivity index (χ1v) is 5.86. The molecule has 0 fully saturated rings. The molecule has 0 saturated carbocycles. The number of nitrogens with two attached hydrogens (primary N) is 1. The van der Waals surface area contributed by atoms with Crippen LogP contribution in [-0.4, -0.2) is 19.7 Å². The Morgan fingerprint density at radius 3 is 2.53 bits per heavy atom. The maximum absolute atomic E-state index is 5.51. The lowest BCUT2D eigenvalue weighted by atomic mass is 10.2. The number of hydrogen-bond acceptors (Lipinski definition) is 4. The highest BCUT2D eigenvalue weighted by molar-refractivity contribution is 5.56. The van der Waals surface area contributed by atoms with E-state index in [-0.39, 0.29) is 0 Å². The van der Waals surface area contributed by atoms with Gasteiger partial charge in [0.1, 0.15) is 5.82 Å². The molecule has 0 radical (unpaired) electrons. The van der Waals surface area contributed by atoms with Crippen molar-refractivity contribution < 1.29 is 0 Å².